The van der Waals surface area contributed by atoms with Crippen LogP contribution in [0.25, 0.3) is 22.6 Å². The Morgan fingerprint density at radius 3 is 2.68 bits per heavy atom. The molecular formula is C17H16N2O5S. The second-order valence-electron chi connectivity index (χ2n) is 6.14. The summed E-state index contributed by atoms with van der Waals surface area (Å²) in [5, 5.41) is 0. The third kappa shape index (κ3) is 2.63. The van der Waals surface area contributed by atoms with Crippen molar-refractivity contribution in [1.82, 2.24) is 4.98 Å². The second kappa shape index (κ2) is 5.21. The molecule has 0 radical (unpaired) electrons. The summed E-state index contributed by atoms with van der Waals surface area (Å²) >= 11 is 0. The van der Waals surface area contributed by atoms with Gasteiger partial charge in [0, 0.05) is 24.7 Å². The number of aromatic nitrogens is 1. The highest BCUT2D eigenvalue weighted by atomic mass is 32.2. The zero-order valence-electron chi connectivity index (χ0n) is 13.8. The summed E-state index contributed by atoms with van der Waals surface area (Å²) in [4.78, 5) is 6.23. The Morgan fingerprint density at radius 1 is 1.20 bits per heavy atom. The standard InChI is InChI=1S/C17H16N2O5S/c1-9-4-11(6-12(5-9)25(20,21)22)17-18-13-7-16-14(8-15(13)24-17)19(3)10(2)23-16/h4-8,10H,1-3H3,(H,20,21,22). The van der Waals surface area contributed by atoms with Crippen molar-refractivity contribution >= 4 is 26.9 Å². The first-order valence-corrected chi connectivity index (χ1v) is 9.10. The highest BCUT2D eigenvalue weighted by Gasteiger charge is 2.26. The molecule has 1 atom stereocenters. The van der Waals surface area contributed by atoms with Crippen molar-refractivity contribution in [3.8, 4) is 17.2 Å². The van der Waals surface area contributed by atoms with Crippen LogP contribution in [0.1, 0.15) is 12.5 Å². The van der Waals surface area contributed by atoms with Gasteiger partial charge in [-0.1, -0.05) is 0 Å². The van der Waals surface area contributed by atoms with Crippen LogP contribution in [-0.4, -0.2) is 31.2 Å². The van der Waals surface area contributed by atoms with Crippen molar-refractivity contribution in [2.45, 2.75) is 25.0 Å². The summed E-state index contributed by atoms with van der Waals surface area (Å²) in [5.74, 6) is 1.01. The van der Waals surface area contributed by atoms with E-state index in [0.29, 0.717) is 22.2 Å². The molecule has 1 aromatic heterocycles. The van der Waals surface area contributed by atoms with Crippen molar-refractivity contribution in [2.75, 3.05) is 11.9 Å². The average molecular weight is 360 g/mol. The maximum absolute atomic E-state index is 11.4. The number of rotatable bonds is 2. The highest BCUT2D eigenvalue weighted by Crippen LogP contribution is 2.40. The summed E-state index contributed by atoms with van der Waals surface area (Å²) < 4.78 is 43.7. The van der Waals surface area contributed by atoms with E-state index in [1.54, 1.807) is 19.1 Å². The molecule has 0 aliphatic carbocycles. The number of hydrogen-bond donors (Lipinski definition) is 1. The molecule has 0 spiro atoms. The number of anilines is 1. The zero-order chi connectivity index (χ0) is 17.9. The highest BCUT2D eigenvalue weighted by molar-refractivity contribution is 7.85. The lowest BCUT2D eigenvalue weighted by Crippen LogP contribution is -2.27. The Bertz CT molecular complexity index is 1100. The van der Waals surface area contributed by atoms with Crippen LogP contribution in [0.15, 0.2) is 39.6 Å². The molecule has 1 aliphatic rings. The first kappa shape index (κ1) is 15.9. The van der Waals surface area contributed by atoms with E-state index in [2.05, 4.69) is 4.98 Å². The molecule has 1 N–H and O–H groups in total. The van der Waals surface area contributed by atoms with Gasteiger partial charge in [-0.2, -0.15) is 8.42 Å². The van der Waals surface area contributed by atoms with Crippen molar-refractivity contribution in [3.05, 3.63) is 35.9 Å². The third-order valence-electron chi connectivity index (χ3n) is 4.29. The minimum Gasteiger partial charge on any atom is -0.469 e. The summed E-state index contributed by atoms with van der Waals surface area (Å²) in [6.45, 7) is 3.68. The van der Waals surface area contributed by atoms with Gasteiger partial charge in [0.25, 0.3) is 10.1 Å². The molecule has 7 nitrogen and oxygen atoms in total. The Balaban J connectivity index is 1.85. The van der Waals surface area contributed by atoms with Crippen molar-refractivity contribution in [1.29, 1.82) is 0 Å². The molecule has 25 heavy (non-hydrogen) atoms. The van der Waals surface area contributed by atoms with Crippen molar-refractivity contribution < 1.29 is 22.1 Å². The van der Waals surface area contributed by atoms with Gasteiger partial charge in [0.05, 0.1) is 10.6 Å². The molecule has 0 saturated heterocycles. The lowest BCUT2D eigenvalue weighted by Gasteiger charge is -2.14. The molecule has 3 aromatic rings. The van der Waals surface area contributed by atoms with Gasteiger partial charge in [-0.3, -0.25) is 4.55 Å². The summed E-state index contributed by atoms with van der Waals surface area (Å²) in [6, 6.07) is 8.13. The van der Waals surface area contributed by atoms with E-state index in [1.165, 1.54) is 12.1 Å². The van der Waals surface area contributed by atoms with Crippen LogP contribution in [0.3, 0.4) is 0 Å². The van der Waals surface area contributed by atoms with Crippen molar-refractivity contribution in [2.24, 2.45) is 0 Å². The van der Waals surface area contributed by atoms with Crippen LogP contribution in [0.4, 0.5) is 5.69 Å². The van der Waals surface area contributed by atoms with E-state index in [4.69, 9.17) is 9.15 Å². The first-order valence-electron chi connectivity index (χ1n) is 7.66. The minimum atomic E-state index is -4.30. The van der Waals surface area contributed by atoms with E-state index in [1.807, 2.05) is 24.9 Å². The van der Waals surface area contributed by atoms with Crippen LogP contribution in [-0.2, 0) is 10.1 Å². The van der Waals surface area contributed by atoms with Crippen molar-refractivity contribution in [3.63, 3.8) is 0 Å². The molecule has 0 saturated carbocycles. The molecule has 1 aliphatic heterocycles. The molecule has 1 unspecified atom stereocenters. The number of aryl methyl sites for hydroxylation is 1. The van der Waals surface area contributed by atoms with Gasteiger partial charge < -0.3 is 14.1 Å². The number of oxazole rings is 1. The van der Waals surface area contributed by atoms with Gasteiger partial charge >= 0.3 is 0 Å². The van der Waals surface area contributed by atoms with Gasteiger partial charge in [-0.05, 0) is 37.6 Å². The third-order valence-corrected chi connectivity index (χ3v) is 5.12. The maximum Gasteiger partial charge on any atom is 0.294 e. The number of benzene rings is 2. The van der Waals surface area contributed by atoms with E-state index in [0.717, 1.165) is 11.4 Å². The predicted octanol–water partition coefficient (Wildman–Crippen LogP) is 3.22. The molecule has 2 heterocycles. The van der Waals surface area contributed by atoms with E-state index >= 15 is 0 Å². The number of hydrogen-bond acceptors (Lipinski definition) is 6. The Labute approximate surface area is 144 Å². The number of ether oxygens (including phenoxy) is 1. The fraction of sp³-hybridized carbons (Fsp3) is 0.235. The summed E-state index contributed by atoms with van der Waals surface area (Å²) in [5.41, 5.74) is 3.25. The van der Waals surface area contributed by atoms with Crippen LogP contribution in [0.2, 0.25) is 0 Å². The smallest absolute Gasteiger partial charge is 0.294 e. The Kier molecular flexibility index (Phi) is 3.32. The molecule has 2 aromatic carbocycles. The topological polar surface area (TPSA) is 92.9 Å². The fourth-order valence-electron chi connectivity index (χ4n) is 2.92. The predicted molar refractivity (Wildman–Crippen MR) is 92.5 cm³/mol. The second-order valence-corrected chi connectivity index (χ2v) is 7.57. The molecule has 130 valence electrons. The Hall–Kier alpha value is -2.58. The largest absolute Gasteiger partial charge is 0.469 e. The summed E-state index contributed by atoms with van der Waals surface area (Å²) in [7, 11) is -2.37. The maximum atomic E-state index is 11.4. The monoisotopic (exact) mass is 360 g/mol. The minimum absolute atomic E-state index is 0.0601. The van der Waals surface area contributed by atoms with Gasteiger partial charge in [-0.25, -0.2) is 4.98 Å². The normalized spacial score (nSPS) is 17.0. The van der Waals surface area contributed by atoms with Gasteiger partial charge in [0.2, 0.25) is 5.89 Å². The van der Waals surface area contributed by atoms with Crippen LogP contribution in [0.5, 0.6) is 5.75 Å². The molecule has 4 rings (SSSR count). The van der Waals surface area contributed by atoms with Crippen LogP contribution >= 0.6 is 0 Å². The summed E-state index contributed by atoms with van der Waals surface area (Å²) in [6.07, 6.45) is -0.0601. The van der Waals surface area contributed by atoms with E-state index in [9.17, 15) is 13.0 Å². The van der Waals surface area contributed by atoms with Gasteiger partial charge in [0.1, 0.15) is 11.3 Å². The van der Waals surface area contributed by atoms with E-state index < -0.39 is 10.1 Å². The molecular weight excluding hydrogens is 344 g/mol. The molecule has 0 bridgehead atoms. The number of fused-ring (bicyclic) bond motifs is 2. The van der Waals surface area contributed by atoms with Crippen LogP contribution < -0.4 is 9.64 Å². The first-order chi connectivity index (χ1) is 11.7. The van der Waals surface area contributed by atoms with Crippen LogP contribution in [0, 0.1) is 6.92 Å². The Morgan fingerprint density at radius 2 is 1.96 bits per heavy atom. The van der Waals surface area contributed by atoms with E-state index in [-0.39, 0.29) is 17.0 Å². The molecule has 0 fully saturated rings. The zero-order valence-corrected chi connectivity index (χ0v) is 14.7. The fourth-order valence-corrected chi connectivity index (χ4v) is 3.53. The lowest BCUT2D eigenvalue weighted by atomic mass is 10.1. The quantitative estimate of drug-likeness (QED) is 0.701. The lowest BCUT2D eigenvalue weighted by molar-refractivity contribution is 0.251. The average Bonchev–Trinajstić information content (AvgIpc) is 3.05. The molecule has 0 amide bonds. The van der Waals surface area contributed by atoms with Gasteiger partial charge in [-0.15, -0.1) is 0 Å². The SMILES string of the molecule is Cc1cc(-c2nc3cc4c(cc3o2)N(C)C(C)O4)cc(S(=O)(=O)O)c1. The molecule has 8 heteroatoms. The number of nitrogens with zero attached hydrogens (tertiary/aromatic N) is 2. The van der Waals surface area contributed by atoms with Gasteiger partial charge in [0.15, 0.2) is 11.8 Å².